The Morgan fingerprint density at radius 2 is 1.68 bits per heavy atom. The van der Waals surface area contributed by atoms with E-state index in [0.717, 1.165) is 0 Å². The maximum Gasteiger partial charge on any atom is 0.269 e. The Hall–Kier alpha value is -1.22. The Morgan fingerprint density at radius 3 is 2.16 bits per heavy atom. The molecule has 1 fully saturated rings. The predicted molar refractivity (Wildman–Crippen MR) is 72.0 cm³/mol. The number of nitro benzene ring substituents is 1. The highest BCUT2D eigenvalue weighted by molar-refractivity contribution is 7.89. The lowest BCUT2D eigenvalue weighted by Crippen LogP contribution is -2.46. The first-order valence-corrected chi connectivity index (χ1v) is 6.91. The van der Waals surface area contributed by atoms with Gasteiger partial charge >= 0.3 is 0 Å². The second kappa shape index (κ2) is 6.29. The van der Waals surface area contributed by atoms with Crippen LogP contribution in [0.5, 0.6) is 0 Å². The summed E-state index contributed by atoms with van der Waals surface area (Å²) in [6.45, 7) is 2.07. The molecule has 9 heteroatoms. The molecule has 0 radical (unpaired) electrons. The Bertz CT molecular complexity index is 540. The van der Waals surface area contributed by atoms with Crippen molar-refractivity contribution in [1.82, 2.24) is 9.62 Å². The van der Waals surface area contributed by atoms with Crippen LogP contribution in [-0.2, 0) is 10.0 Å². The smallest absolute Gasteiger partial charge is 0.269 e. The number of rotatable bonds is 3. The van der Waals surface area contributed by atoms with Gasteiger partial charge in [0.25, 0.3) is 5.69 Å². The summed E-state index contributed by atoms with van der Waals surface area (Å²) in [5, 5.41) is 13.6. The van der Waals surface area contributed by atoms with Gasteiger partial charge in [-0.05, 0) is 12.1 Å². The Kier molecular flexibility index (Phi) is 5.24. The quantitative estimate of drug-likeness (QED) is 0.652. The van der Waals surface area contributed by atoms with E-state index in [1.165, 1.54) is 28.6 Å². The molecule has 7 nitrogen and oxygen atoms in total. The molecule has 1 heterocycles. The number of sulfonamides is 1. The number of nitrogens with one attached hydrogen (secondary N) is 1. The Morgan fingerprint density at radius 1 is 1.16 bits per heavy atom. The van der Waals surface area contributed by atoms with E-state index in [2.05, 4.69) is 5.32 Å². The molecule has 1 aliphatic heterocycles. The van der Waals surface area contributed by atoms with E-state index in [4.69, 9.17) is 0 Å². The van der Waals surface area contributed by atoms with Crippen molar-refractivity contribution in [2.24, 2.45) is 0 Å². The van der Waals surface area contributed by atoms with Crippen LogP contribution in [0.2, 0.25) is 0 Å². The van der Waals surface area contributed by atoms with Gasteiger partial charge in [0.15, 0.2) is 0 Å². The molecule has 1 aromatic carbocycles. The van der Waals surface area contributed by atoms with E-state index in [-0.39, 0.29) is 23.0 Å². The van der Waals surface area contributed by atoms with Crippen LogP contribution in [0.15, 0.2) is 29.2 Å². The van der Waals surface area contributed by atoms with Crippen LogP contribution in [0.25, 0.3) is 0 Å². The SMILES string of the molecule is Cl.O=[N+]([O-])c1ccc(S(=O)(=O)N2CCNCC2)cc1. The molecular formula is C10H14ClN3O4S. The van der Waals surface area contributed by atoms with Gasteiger partial charge in [-0.25, -0.2) is 8.42 Å². The standard InChI is InChI=1S/C10H13N3O4S.ClH/c14-13(15)9-1-3-10(4-2-9)18(16,17)12-7-5-11-6-8-12;/h1-4,11H,5-8H2;1H. The van der Waals surface area contributed by atoms with Crippen molar-refractivity contribution in [3.63, 3.8) is 0 Å². The van der Waals surface area contributed by atoms with Gasteiger partial charge in [-0.2, -0.15) is 4.31 Å². The number of piperazine rings is 1. The third-order valence-corrected chi connectivity index (χ3v) is 4.67. The van der Waals surface area contributed by atoms with E-state index in [0.29, 0.717) is 26.2 Å². The molecule has 1 saturated heterocycles. The van der Waals surface area contributed by atoms with Crippen LogP contribution >= 0.6 is 12.4 Å². The lowest BCUT2D eigenvalue weighted by atomic mass is 10.3. The molecule has 0 amide bonds. The fourth-order valence-corrected chi connectivity index (χ4v) is 3.22. The Labute approximate surface area is 117 Å². The van der Waals surface area contributed by atoms with Crippen LogP contribution in [0.4, 0.5) is 5.69 Å². The third-order valence-electron chi connectivity index (χ3n) is 2.76. The number of hydrogen-bond donors (Lipinski definition) is 1. The van der Waals surface area contributed by atoms with Gasteiger partial charge in [0, 0.05) is 38.3 Å². The van der Waals surface area contributed by atoms with Gasteiger partial charge in [-0.1, -0.05) is 0 Å². The van der Waals surface area contributed by atoms with Gasteiger partial charge in [0.05, 0.1) is 9.82 Å². The van der Waals surface area contributed by atoms with E-state index >= 15 is 0 Å². The van der Waals surface area contributed by atoms with Crippen molar-refractivity contribution in [1.29, 1.82) is 0 Å². The van der Waals surface area contributed by atoms with Crippen molar-refractivity contribution in [2.45, 2.75) is 4.90 Å². The highest BCUT2D eigenvalue weighted by atomic mass is 35.5. The first kappa shape index (κ1) is 15.8. The second-order valence-corrected chi connectivity index (χ2v) is 5.84. The van der Waals surface area contributed by atoms with Gasteiger partial charge in [0.2, 0.25) is 10.0 Å². The van der Waals surface area contributed by atoms with Gasteiger partial charge < -0.3 is 5.32 Å². The summed E-state index contributed by atoms with van der Waals surface area (Å²) in [5.41, 5.74) is -0.116. The topological polar surface area (TPSA) is 92.5 Å². The normalized spacial score (nSPS) is 16.6. The molecule has 1 aliphatic rings. The second-order valence-electron chi connectivity index (χ2n) is 3.91. The molecule has 106 valence electrons. The zero-order valence-electron chi connectivity index (χ0n) is 9.98. The third kappa shape index (κ3) is 3.41. The summed E-state index contributed by atoms with van der Waals surface area (Å²) < 4.78 is 25.8. The first-order chi connectivity index (χ1) is 8.51. The summed E-state index contributed by atoms with van der Waals surface area (Å²) in [6.07, 6.45) is 0. The average Bonchev–Trinajstić information content (AvgIpc) is 2.40. The molecule has 2 rings (SSSR count). The lowest BCUT2D eigenvalue weighted by molar-refractivity contribution is -0.384. The molecule has 0 spiro atoms. The molecule has 0 bridgehead atoms. The monoisotopic (exact) mass is 307 g/mol. The minimum atomic E-state index is -3.53. The van der Waals surface area contributed by atoms with E-state index in [1.807, 2.05) is 0 Å². The molecule has 0 saturated carbocycles. The van der Waals surface area contributed by atoms with Gasteiger partial charge in [0.1, 0.15) is 0 Å². The van der Waals surface area contributed by atoms with Gasteiger partial charge in [-0.3, -0.25) is 10.1 Å². The number of hydrogen-bond acceptors (Lipinski definition) is 5. The Balaban J connectivity index is 0.00000180. The van der Waals surface area contributed by atoms with Crippen LogP contribution < -0.4 is 5.32 Å². The lowest BCUT2D eigenvalue weighted by Gasteiger charge is -2.26. The molecule has 0 aliphatic carbocycles. The van der Waals surface area contributed by atoms with Crippen molar-refractivity contribution in [2.75, 3.05) is 26.2 Å². The fourth-order valence-electron chi connectivity index (χ4n) is 1.77. The summed E-state index contributed by atoms with van der Waals surface area (Å²) >= 11 is 0. The van der Waals surface area contributed by atoms with Crippen molar-refractivity contribution in [3.8, 4) is 0 Å². The fraction of sp³-hybridized carbons (Fsp3) is 0.400. The highest BCUT2D eigenvalue weighted by Gasteiger charge is 2.26. The maximum atomic E-state index is 12.2. The van der Waals surface area contributed by atoms with Crippen LogP contribution in [0.1, 0.15) is 0 Å². The molecular weight excluding hydrogens is 294 g/mol. The summed E-state index contributed by atoms with van der Waals surface area (Å²) in [5.74, 6) is 0. The van der Waals surface area contributed by atoms with E-state index in [1.54, 1.807) is 0 Å². The van der Waals surface area contributed by atoms with E-state index in [9.17, 15) is 18.5 Å². The predicted octanol–water partition coefficient (Wildman–Crippen LogP) is 0.611. The van der Waals surface area contributed by atoms with Crippen molar-refractivity contribution >= 4 is 28.1 Å². The molecule has 0 unspecified atom stereocenters. The molecule has 0 atom stereocenters. The van der Waals surface area contributed by atoms with Crippen LogP contribution in [0, 0.1) is 10.1 Å². The number of halogens is 1. The van der Waals surface area contributed by atoms with Gasteiger partial charge in [-0.15, -0.1) is 12.4 Å². The molecule has 1 N–H and O–H groups in total. The summed E-state index contributed by atoms with van der Waals surface area (Å²) in [7, 11) is -3.53. The van der Waals surface area contributed by atoms with Crippen LogP contribution in [-0.4, -0.2) is 43.8 Å². The average molecular weight is 308 g/mol. The van der Waals surface area contributed by atoms with E-state index < -0.39 is 14.9 Å². The molecule has 19 heavy (non-hydrogen) atoms. The molecule has 0 aromatic heterocycles. The zero-order valence-corrected chi connectivity index (χ0v) is 11.6. The van der Waals surface area contributed by atoms with Crippen molar-refractivity contribution in [3.05, 3.63) is 34.4 Å². The summed E-state index contributed by atoms with van der Waals surface area (Å²) in [4.78, 5) is 10.0. The van der Waals surface area contributed by atoms with Crippen molar-refractivity contribution < 1.29 is 13.3 Å². The first-order valence-electron chi connectivity index (χ1n) is 5.47. The zero-order chi connectivity index (χ0) is 13.2. The molecule has 1 aromatic rings. The maximum absolute atomic E-state index is 12.2. The number of non-ortho nitro benzene ring substituents is 1. The highest BCUT2D eigenvalue weighted by Crippen LogP contribution is 2.19. The largest absolute Gasteiger partial charge is 0.314 e. The number of nitro groups is 1. The number of benzene rings is 1. The number of nitrogens with zero attached hydrogens (tertiary/aromatic N) is 2. The van der Waals surface area contributed by atoms with Crippen LogP contribution in [0.3, 0.4) is 0 Å². The minimum Gasteiger partial charge on any atom is -0.314 e. The minimum absolute atomic E-state index is 0. The summed E-state index contributed by atoms with van der Waals surface area (Å²) in [6, 6.07) is 4.95.